The van der Waals surface area contributed by atoms with Gasteiger partial charge < -0.3 is 0 Å². The summed E-state index contributed by atoms with van der Waals surface area (Å²) in [6.07, 6.45) is 3.23. The summed E-state index contributed by atoms with van der Waals surface area (Å²) in [4.78, 5) is 7.45. The Hall–Kier alpha value is -1.43. The van der Waals surface area contributed by atoms with Crippen molar-refractivity contribution in [1.82, 2.24) is 9.97 Å². The van der Waals surface area contributed by atoms with Crippen molar-refractivity contribution < 1.29 is 0 Å². The molecule has 0 aromatic carbocycles. The third-order valence-electron chi connectivity index (χ3n) is 0.881. The highest BCUT2D eigenvalue weighted by Gasteiger charge is 1.88. The van der Waals surface area contributed by atoms with E-state index in [2.05, 4.69) is 9.97 Å². The second-order valence-corrected chi connectivity index (χ2v) is 1.70. The summed E-state index contributed by atoms with van der Waals surface area (Å²) < 4.78 is 0. The molecule has 0 aliphatic carbocycles. The molecule has 1 aromatic rings. The van der Waals surface area contributed by atoms with Crippen molar-refractivity contribution in [2.75, 3.05) is 0 Å². The number of rotatable bonds is 0. The molecule has 0 radical (unpaired) electrons. The average molecular weight is 149 g/mol. The van der Waals surface area contributed by atoms with Gasteiger partial charge in [0, 0.05) is 12.4 Å². The molecule has 11 heavy (non-hydrogen) atoms. The van der Waals surface area contributed by atoms with Crippen molar-refractivity contribution in [3.63, 3.8) is 0 Å². The normalized spacial score (nSPS) is 7.45. The summed E-state index contributed by atoms with van der Waals surface area (Å²) in [7, 11) is 0. The summed E-state index contributed by atoms with van der Waals surface area (Å²) >= 11 is 0. The van der Waals surface area contributed by atoms with Crippen LogP contribution in [0.1, 0.15) is 25.2 Å². The van der Waals surface area contributed by atoms with Crippen molar-refractivity contribution in [3.8, 4) is 6.07 Å². The van der Waals surface area contributed by atoms with Crippen molar-refractivity contribution in [3.05, 3.63) is 23.8 Å². The topological polar surface area (TPSA) is 49.6 Å². The van der Waals surface area contributed by atoms with Crippen LogP contribution in [0.15, 0.2) is 12.4 Å². The van der Waals surface area contributed by atoms with Gasteiger partial charge in [-0.3, -0.25) is 0 Å². The maximum atomic E-state index is 8.25. The number of nitriles is 1. The lowest BCUT2D eigenvalue weighted by molar-refractivity contribution is 1.08. The third kappa shape index (κ3) is 3.31. The highest BCUT2D eigenvalue weighted by atomic mass is 14.9. The smallest absolute Gasteiger partial charge is 0.227 e. The molecule has 0 unspecified atom stereocenters. The van der Waals surface area contributed by atoms with E-state index in [4.69, 9.17) is 5.26 Å². The van der Waals surface area contributed by atoms with Crippen molar-refractivity contribution in [2.24, 2.45) is 0 Å². The van der Waals surface area contributed by atoms with E-state index in [1.165, 1.54) is 0 Å². The summed E-state index contributed by atoms with van der Waals surface area (Å²) in [5.41, 5.74) is 0.967. The van der Waals surface area contributed by atoms with E-state index >= 15 is 0 Å². The van der Waals surface area contributed by atoms with Gasteiger partial charge in [-0.25, -0.2) is 9.97 Å². The first-order valence-corrected chi connectivity index (χ1v) is 3.51. The Morgan fingerprint density at radius 1 is 1.27 bits per heavy atom. The Balaban J connectivity index is 0.000000461. The molecule has 3 nitrogen and oxygen atoms in total. The van der Waals surface area contributed by atoms with Crippen LogP contribution < -0.4 is 0 Å². The zero-order chi connectivity index (χ0) is 8.69. The SMILES string of the molecule is CC.Cc1cnc(C#N)nc1. The molecule has 0 atom stereocenters. The average Bonchev–Trinajstić information content (AvgIpc) is 2.10. The van der Waals surface area contributed by atoms with E-state index in [0.29, 0.717) is 0 Å². The molecule has 0 fully saturated rings. The van der Waals surface area contributed by atoms with Crippen LogP contribution in [-0.2, 0) is 0 Å². The van der Waals surface area contributed by atoms with Gasteiger partial charge in [-0.05, 0) is 12.5 Å². The van der Waals surface area contributed by atoms with Gasteiger partial charge in [0.1, 0.15) is 6.07 Å². The van der Waals surface area contributed by atoms with E-state index in [-0.39, 0.29) is 5.82 Å². The lowest BCUT2D eigenvalue weighted by Gasteiger charge is -1.86. The lowest BCUT2D eigenvalue weighted by Crippen LogP contribution is -1.86. The van der Waals surface area contributed by atoms with Crippen molar-refractivity contribution in [1.29, 1.82) is 5.26 Å². The fourth-order valence-electron chi connectivity index (χ4n) is 0.450. The predicted octanol–water partition coefficient (Wildman–Crippen LogP) is 1.68. The fraction of sp³-hybridized carbons (Fsp3) is 0.375. The minimum absolute atomic E-state index is 0.223. The van der Waals surface area contributed by atoms with E-state index in [9.17, 15) is 0 Å². The molecule has 0 N–H and O–H groups in total. The number of aromatic nitrogens is 2. The Morgan fingerprint density at radius 3 is 2.09 bits per heavy atom. The van der Waals surface area contributed by atoms with Crippen LogP contribution in [0.2, 0.25) is 0 Å². The quantitative estimate of drug-likeness (QED) is 0.564. The van der Waals surface area contributed by atoms with Gasteiger partial charge in [0.25, 0.3) is 0 Å². The molecule has 1 heterocycles. The molecule has 0 bridgehead atoms. The minimum Gasteiger partial charge on any atom is -0.227 e. The maximum absolute atomic E-state index is 8.25. The molecule has 0 aliphatic heterocycles. The Bertz CT molecular complexity index is 233. The zero-order valence-corrected chi connectivity index (χ0v) is 7.00. The number of nitrogens with zero attached hydrogens (tertiary/aromatic N) is 3. The highest BCUT2D eigenvalue weighted by molar-refractivity contribution is 5.11. The van der Waals surface area contributed by atoms with E-state index in [1.54, 1.807) is 12.4 Å². The monoisotopic (exact) mass is 149 g/mol. The van der Waals surface area contributed by atoms with Crippen LogP contribution in [0.4, 0.5) is 0 Å². The lowest BCUT2D eigenvalue weighted by atomic mass is 10.4. The molecule has 0 spiro atoms. The molecule has 0 saturated carbocycles. The largest absolute Gasteiger partial charge is 0.232 e. The summed E-state index contributed by atoms with van der Waals surface area (Å²) in [6.45, 7) is 5.88. The standard InChI is InChI=1S/C6H5N3.C2H6/c1-5-3-8-6(2-7)9-4-5;1-2/h3-4H,1H3;1-2H3. The number of hydrogen-bond donors (Lipinski definition) is 0. The number of hydrogen-bond acceptors (Lipinski definition) is 3. The van der Waals surface area contributed by atoms with E-state index in [1.807, 2.05) is 26.8 Å². The Kier molecular flexibility index (Phi) is 4.67. The Morgan fingerprint density at radius 2 is 1.73 bits per heavy atom. The van der Waals surface area contributed by atoms with Gasteiger partial charge in [-0.1, -0.05) is 13.8 Å². The highest BCUT2D eigenvalue weighted by Crippen LogP contribution is 1.89. The van der Waals surface area contributed by atoms with Gasteiger partial charge in [-0.15, -0.1) is 0 Å². The number of aryl methyl sites for hydroxylation is 1. The first-order chi connectivity index (χ1) is 5.33. The Labute approximate surface area is 66.7 Å². The second-order valence-electron chi connectivity index (χ2n) is 1.70. The van der Waals surface area contributed by atoms with Crippen molar-refractivity contribution in [2.45, 2.75) is 20.8 Å². The van der Waals surface area contributed by atoms with E-state index in [0.717, 1.165) is 5.56 Å². The van der Waals surface area contributed by atoms with Gasteiger partial charge in [0.05, 0.1) is 0 Å². The molecule has 3 heteroatoms. The van der Waals surface area contributed by atoms with Crippen LogP contribution in [0.3, 0.4) is 0 Å². The summed E-state index contributed by atoms with van der Waals surface area (Å²) in [6, 6.07) is 1.83. The van der Waals surface area contributed by atoms with Gasteiger partial charge in [0.15, 0.2) is 0 Å². The first kappa shape index (κ1) is 9.57. The zero-order valence-electron chi connectivity index (χ0n) is 7.00. The minimum atomic E-state index is 0.223. The first-order valence-electron chi connectivity index (χ1n) is 3.51. The second kappa shape index (κ2) is 5.36. The van der Waals surface area contributed by atoms with Crippen molar-refractivity contribution >= 4 is 0 Å². The third-order valence-corrected chi connectivity index (χ3v) is 0.881. The maximum Gasteiger partial charge on any atom is 0.232 e. The van der Waals surface area contributed by atoms with Crippen LogP contribution in [0.5, 0.6) is 0 Å². The van der Waals surface area contributed by atoms with Crippen LogP contribution in [0.25, 0.3) is 0 Å². The summed E-state index contributed by atoms with van der Waals surface area (Å²) in [5.74, 6) is 0.223. The van der Waals surface area contributed by atoms with E-state index < -0.39 is 0 Å². The molecule has 0 aliphatic rings. The molecule has 1 rings (SSSR count). The van der Waals surface area contributed by atoms with Crippen LogP contribution in [0, 0.1) is 18.3 Å². The predicted molar refractivity (Wildman–Crippen MR) is 42.8 cm³/mol. The fourth-order valence-corrected chi connectivity index (χ4v) is 0.450. The van der Waals surface area contributed by atoms with Gasteiger partial charge in [0.2, 0.25) is 5.82 Å². The molecular formula is C8H11N3. The molecular weight excluding hydrogens is 138 g/mol. The van der Waals surface area contributed by atoms with Gasteiger partial charge >= 0.3 is 0 Å². The molecule has 1 aromatic heterocycles. The summed E-state index contributed by atoms with van der Waals surface area (Å²) in [5, 5.41) is 8.25. The van der Waals surface area contributed by atoms with Crippen LogP contribution in [-0.4, -0.2) is 9.97 Å². The molecule has 0 saturated heterocycles. The van der Waals surface area contributed by atoms with Gasteiger partial charge in [-0.2, -0.15) is 5.26 Å². The molecule has 58 valence electrons. The molecule has 0 amide bonds. The van der Waals surface area contributed by atoms with Crippen LogP contribution >= 0.6 is 0 Å².